The lowest BCUT2D eigenvalue weighted by atomic mass is 10.1. The predicted octanol–water partition coefficient (Wildman–Crippen LogP) is 3.05. The summed E-state index contributed by atoms with van der Waals surface area (Å²) in [7, 11) is 1.81. The number of hydrogen-bond donors (Lipinski definition) is 0. The first kappa shape index (κ1) is 18.3. The van der Waals surface area contributed by atoms with Crippen LogP contribution in [0, 0.1) is 0 Å². The molecule has 0 saturated carbocycles. The van der Waals surface area contributed by atoms with E-state index in [1.165, 1.54) is 0 Å². The largest absolute Gasteiger partial charge is 0.494 e. The molecule has 2 aromatic heterocycles. The van der Waals surface area contributed by atoms with E-state index in [9.17, 15) is 4.79 Å². The Balaban J connectivity index is 1.40. The zero-order valence-electron chi connectivity index (χ0n) is 16.2. The third kappa shape index (κ3) is 3.65. The molecule has 1 saturated heterocycles. The fourth-order valence-electron chi connectivity index (χ4n) is 3.57. The van der Waals surface area contributed by atoms with Gasteiger partial charge in [0.2, 0.25) is 0 Å². The number of carbonyl (C=O) groups is 1. The standard InChI is InChI=1S/C21H24N4O3/c1-3-27-16-6-4-7-17(14-16)28-15-9-12-25(13-10-15)21(26)19-18-8-5-11-22-20(18)24(2)23-19/h4-8,11,14-15H,3,9-10,12-13H2,1-2H3. The molecule has 1 aliphatic heterocycles. The molecule has 0 radical (unpaired) electrons. The number of rotatable bonds is 5. The second kappa shape index (κ2) is 7.88. The predicted molar refractivity (Wildman–Crippen MR) is 106 cm³/mol. The average molecular weight is 380 g/mol. The van der Waals surface area contributed by atoms with Crippen molar-refractivity contribution in [3.8, 4) is 11.5 Å². The van der Waals surface area contributed by atoms with Crippen molar-refractivity contribution in [2.75, 3.05) is 19.7 Å². The second-order valence-corrected chi connectivity index (χ2v) is 6.86. The van der Waals surface area contributed by atoms with Crippen LogP contribution >= 0.6 is 0 Å². The minimum atomic E-state index is -0.0459. The van der Waals surface area contributed by atoms with E-state index in [0.29, 0.717) is 25.4 Å². The number of piperidine rings is 1. The van der Waals surface area contributed by atoms with E-state index in [4.69, 9.17) is 9.47 Å². The van der Waals surface area contributed by atoms with E-state index in [1.807, 2.05) is 55.3 Å². The molecule has 0 aliphatic carbocycles. The van der Waals surface area contributed by atoms with Crippen LogP contribution in [0.4, 0.5) is 0 Å². The summed E-state index contributed by atoms with van der Waals surface area (Å²) < 4.78 is 13.3. The van der Waals surface area contributed by atoms with E-state index in [1.54, 1.807) is 10.9 Å². The number of aryl methyl sites for hydroxylation is 1. The lowest BCUT2D eigenvalue weighted by Crippen LogP contribution is -2.42. The molecule has 7 heteroatoms. The SMILES string of the molecule is CCOc1cccc(OC2CCN(C(=O)c3nn(C)c4ncccc34)CC2)c1. The molecular formula is C21H24N4O3. The Kier molecular flexibility index (Phi) is 5.14. The third-order valence-electron chi connectivity index (χ3n) is 4.95. The minimum absolute atomic E-state index is 0.0459. The van der Waals surface area contributed by atoms with Crippen LogP contribution < -0.4 is 9.47 Å². The van der Waals surface area contributed by atoms with Crippen LogP contribution in [0.5, 0.6) is 11.5 Å². The monoisotopic (exact) mass is 380 g/mol. The molecule has 7 nitrogen and oxygen atoms in total. The first-order valence-electron chi connectivity index (χ1n) is 9.62. The van der Waals surface area contributed by atoms with Gasteiger partial charge in [-0.1, -0.05) is 6.07 Å². The van der Waals surface area contributed by atoms with Gasteiger partial charge >= 0.3 is 0 Å². The van der Waals surface area contributed by atoms with Gasteiger partial charge in [-0.05, 0) is 31.2 Å². The summed E-state index contributed by atoms with van der Waals surface area (Å²) in [5, 5.41) is 5.19. The van der Waals surface area contributed by atoms with Gasteiger partial charge in [-0.25, -0.2) is 9.67 Å². The Morgan fingerprint density at radius 1 is 1.18 bits per heavy atom. The first-order chi connectivity index (χ1) is 13.7. The van der Waals surface area contributed by atoms with Crippen LogP contribution in [-0.2, 0) is 7.05 Å². The van der Waals surface area contributed by atoms with Gasteiger partial charge in [0, 0.05) is 45.2 Å². The zero-order chi connectivity index (χ0) is 19.5. The van der Waals surface area contributed by atoms with Gasteiger partial charge < -0.3 is 14.4 Å². The number of likely N-dealkylation sites (tertiary alicyclic amines) is 1. The van der Waals surface area contributed by atoms with Gasteiger partial charge in [0.15, 0.2) is 11.3 Å². The number of fused-ring (bicyclic) bond motifs is 1. The highest BCUT2D eigenvalue weighted by Gasteiger charge is 2.27. The Morgan fingerprint density at radius 3 is 2.75 bits per heavy atom. The van der Waals surface area contributed by atoms with E-state index >= 15 is 0 Å². The molecule has 0 spiro atoms. The molecule has 146 valence electrons. The maximum Gasteiger partial charge on any atom is 0.275 e. The molecule has 0 N–H and O–H groups in total. The Hall–Kier alpha value is -3.09. The molecule has 0 atom stereocenters. The topological polar surface area (TPSA) is 69.5 Å². The molecule has 28 heavy (non-hydrogen) atoms. The summed E-state index contributed by atoms with van der Waals surface area (Å²) in [4.78, 5) is 19.1. The van der Waals surface area contributed by atoms with Crippen molar-refractivity contribution in [3.05, 3.63) is 48.3 Å². The summed E-state index contributed by atoms with van der Waals surface area (Å²) >= 11 is 0. The lowest BCUT2D eigenvalue weighted by Gasteiger charge is -2.31. The van der Waals surface area contributed by atoms with E-state index in [0.717, 1.165) is 35.4 Å². The quantitative estimate of drug-likeness (QED) is 0.680. The number of carbonyl (C=O) groups excluding carboxylic acids is 1. The number of benzene rings is 1. The van der Waals surface area contributed by atoms with Crippen LogP contribution in [0.2, 0.25) is 0 Å². The molecule has 4 rings (SSSR count). The summed E-state index contributed by atoms with van der Waals surface area (Å²) in [6.07, 6.45) is 3.37. The van der Waals surface area contributed by atoms with Crippen molar-refractivity contribution < 1.29 is 14.3 Å². The van der Waals surface area contributed by atoms with Gasteiger partial charge in [-0.15, -0.1) is 0 Å². The lowest BCUT2D eigenvalue weighted by molar-refractivity contribution is 0.0591. The van der Waals surface area contributed by atoms with Crippen molar-refractivity contribution in [1.82, 2.24) is 19.7 Å². The highest BCUT2D eigenvalue weighted by atomic mass is 16.5. The highest BCUT2D eigenvalue weighted by molar-refractivity contribution is 6.04. The van der Waals surface area contributed by atoms with E-state index in [2.05, 4.69) is 10.1 Å². The van der Waals surface area contributed by atoms with Crippen molar-refractivity contribution in [2.24, 2.45) is 7.05 Å². The van der Waals surface area contributed by atoms with Crippen LogP contribution in [0.1, 0.15) is 30.3 Å². The molecule has 0 unspecified atom stereocenters. The van der Waals surface area contributed by atoms with Crippen molar-refractivity contribution in [2.45, 2.75) is 25.9 Å². The number of aromatic nitrogens is 3. The van der Waals surface area contributed by atoms with E-state index < -0.39 is 0 Å². The number of ether oxygens (including phenoxy) is 2. The van der Waals surface area contributed by atoms with Gasteiger partial charge in [-0.3, -0.25) is 4.79 Å². The number of pyridine rings is 1. The molecule has 1 fully saturated rings. The van der Waals surface area contributed by atoms with Crippen LogP contribution in [-0.4, -0.2) is 51.4 Å². The second-order valence-electron chi connectivity index (χ2n) is 6.86. The Labute approximate surface area is 163 Å². The molecule has 3 heterocycles. The highest BCUT2D eigenvalue weighted by Crippen LogP contribution is 2.25. The maximum atomic E-state index is 13.0. The molecular weight excluding hydrogens is 356 g/mol. The van der Waals surface area contributed by atoms with Gasteiger partial charge in [-0.2, -0.15) is 5.10 Å². The fraction of sp³-hybridized carbons (Fsp3) is 0.381. The zero-order valence-corrected chi connectivity index (χ0v) is 16.2. The van der Waals surface area contributed by atoms with Gasteiger partial charge in [0.05, 0.1) is 12.0 Å². The molecule has 1 aliphatic rings. The van der Waals surface area contributed by atoms with E-state index in [-0.39, 0.29) is 12.0 Å². The number of amides is 1. The summed E-state index contributed by atoms with van der Waals surface area (Å²) in [6, 6.07) is 11.4. The normalized spacial score (nSPS) is 15.0. The average Bonchev–Trinajstić information content (AvgIpc) is 3.06. The summed E-state index contributed by atoms with van der Waals surface area (Å²) in [6.45, 7) is 3.88. The van der Waals surface area contributed by atoms with Gasteiger partial charge in [0.1, 0.15) is 17.6 Å². The smallest absolute Gasteiger partial charge is 0.275 e. The minimum Gasteiger partial charge on any atom is -0.494 e. The molecule has 1 amide bonds. The maximum absolute atomic E-state index is 13.0. The molecule has 3 aromatic rings. The van der Waals surface area contributed by atoms with Crippen molar-refractivity contribution in [1.29, 1.82) is 0 Å². The summed E-state index contributed by atoms with van der Waals surface area (Å²) in [5.74, 6) is 1.57. The number of hydrogen-bond acceptors (Lipinski definition) is 5. The Bertz CT molecular complexity index is 977. The summed E-state index contributed by atoms with van der Waals surface area (Å²) in [5.41, 5.74) is 1.19. The number of nitrogens with zero attached hydrogens (tertiary/aromatic N) is 4. The first-order valence-corrected chi connectivity index (χ1v) is 9.62. The van der Waals surface area contributed by atoms with Crippen LogP contribution in [0.25, 0.3) is 11.0 Å². The van der Waals surface area contributed by atoms with Crippen molar-refractivity contribution >= 4 is 16.9 Å². The molecule has 0 bridgehead atoms. The fourth-order valence-corrected chi connectivity index (χ4v) is 3.57. The van der Waals surface area contributed by atoms with Gasteiger partial charge in [0.25, 0.3) is 5.91 Å². The van der Waals surface area contributed by atoms with Crippen molar-refractivity contribution in [3.63, 3.8) is 0 Å². The third-order valence-corrected chi connectivity index (χ3v) is 4.95. The Morgan fingerprint density at radius 2 is 1.96 bits per heavy atom. The molecule has 1 aromatic carbocycles. The van der Waals surface area contributed by atoms with Crippen LogP contribution in [0.15, 0.2) is 42.6 Å². The van der Waals surface area contributed by atoms with Crippen LogP contribution in [0.3, 0.4) is 0 Å².